The van der Waals surface area contributed by atoms with Crippen molar-refractivity contribution in [2.24, 2.45) is 5.10 Å². The zero-order valence-corrected chi connectivity index (χ0v) is 12.9. The van der Waals surface area contributed by atoms with Crippen LogP contribution in [0.25, 0.3) is 0 Å². The lowest BCUT2D eigenvalue weighted by atomic mass is 10.1. The Morgan fingerprint density at radius 1 is 1.32 bits per heavy atom. The largest absolute Gasteiger partial charge is 0.481 e. The summed E-state index contributed by atoms with van der Waals surface area (Å²) in [6.45, 7) is 5.72. The molecule has 2 aromatic rings. The average Bonchev–Trinajstić information content (AvgIpc) is 2.52. The minimum atomic E-state index is -0.631. The van der Waals surface area contributed by atoms with E-state index in [4.69, 9.17) is 4.74 Å². The van der Waals surface area contributed by atoms with Crippen LogP contribution in [0.3, 0.4) is 0 Å². The summed E-state index contributed by atoms with van der Waals surface area (Å²) >= 11 is 0. The van der Waals surface area contributed by atoms with E-state index >= 15 is 0 Å². The highest BCUT2D eigenvalue weighted by Crippen LogP contribution is 2.17. The molecule has 1 atom stereocenters. The Morgan fingerprint density at radius 2 is 2.14 bits per heavy atom. The lowest BCUT2D eigenvalue weighted by molar-refractivity contribution is -0.127. The number of rotatable bonds is 5. The third-order valence-corrected chi connectivity index (χ3v) is 3.23. The first-order valence-corrected chi connectivity index (χ1v) is 7.03. The van der Waals surface area contributed by atoms with Crippen LogP contribution in [0.1, 0.15) is 23.6 Å². The first kappa shape index (κ1) is 15.7. The number of nitrogens with zero attached hydrogens (tertiary/aromatic N) is 2. The number of nitrogens with one attached hydrogen (secondary N) is 1. The van der Waals surface area contributed by atoms with Crippen LogP contribution >= 0.6 is 0 Å². The standard InChI is InChI=1S/C17H19N3O2/c1-12-6-7-16(9-13(12)2)22-14(3)17(21)20-19-11-15-5-4-8-18-10-15/h4-11,14H,1-3H3,(H,20,21)/b19-11+. The molecular formula is C17H19N3O2. The van der Waals surface area contributed by atoms with Gasteiger partial charge in [-0.15, -0.1) is 0 Å². The van der Waals surface area contributed by atoms with Gasteiger partial charge in [0.25, 0.3) is 5.91 Å². The molecule has 0 fully saturated rings. The van der Waals surface area contributed by atoms with E-state index < -0.39 is 6.10 Å². The van der Waals surface area contributed by atoms with Crippen molar-refractivity contribution in [3.05, 3.63) is 59.4 Å². The minimum absolute atomic E-state index is 0.307. The molecule has 1 heterocycles. The zero-order chi connectivity index (χ0) is 15.9. The van der Waals surface area contributed by atoms with Crippen LogP contribution in [0.5, 0.6) is 5.75 Å². The van der Waals surface area contributed by atoms with Crippen LogP contribution in [0.2, 0.25) is 0 Å². The van der Waals surface area contributed by atoms with Crippen molar-refractivity contribution >= 4 is 12.1 Å². The summed E-state index contributed by atoms with van der Waals surface area (Å²) < 4.78 is 5.62. The number of amides is 1. The molecule has 5 nitrogen and oxygen atoms in total. The molecule has 0 bridgehead atoms. The topological polar surface area (TPSA) is 63.6 Å². The monoisotopic (exact) mass is 297 g/mol. The van der Waals surface area contributed by atoms with Crippen LogP contribution in [-0.4, -0.2) is 23.2 Å². The maximum absolute atomic E-state index is 11.9. The normalized spacial score (nSPS) is 12.1. The number of pyridine rings is 1. The van der Waals surface area contributed by atoms with Crippen LogP contribution in [0, 0.1) is 13.8 Å². The summed E-state index contributed by atoms with van der Waals surface area (Å²) in [5.74, 6) is 0.361. The summed E-state index contributed by atoms with van der Waals surface area (Å²) in [7, 11) is 0. The molecule has 1 amide bonds. The third-order valence-electron chi connectivity index (χ3n) is 3.23. The lowest BCUT2D eigenvalue weighted by Gasteiger charge is -2.14. The van der Waals surface area contributed by atoms with Crippen molar-refractivity contribution in [3.8, 4) is 5.75 Å². The van der Waals surface area contributed by atoms with Crippen molar-refractivity contribution in [1.82, 2.24) is 10.4 Å². The first-order chi connectivity index (χ1) is 10.6. The van der Waals surface area contributed by atoms with Crippen molar-refractivity contribution in [2.45, 2.75) is 26.9 Å². The van der Waals surface area contributed by atoms with Crippen molar-refractivity contribution in [2.75, 3.05) is 0 Å². The number of carbonyl (C=O) groups is 1. The molecule has 1 unspecified atom stereocenters. The van der Waals surface area contributed by atoms with Gasteiger partial charge in [-0.3, -0.25) is 9.78 Å². The quantitative estimate of drug-likeness (QED) is 0.681. The molecule has 0 saturated heterocycles. The third kappa shape index (κ3) is 4.41. The van der Waals surface area contributed by atoms with Gasteiger partial charge in [0, 0.05) is 18.0 Å². The fourth-order valence-corrected chi connectivity index (χ4v) is 1.76. The Balaban J connectivity index is 1.89. The van der Waals surface area contributed by atoms with Gasteiger partial charge in [0.05, 0.1) is 6.21 Å². The van der Waals surface area contributed by atoms with Gasteiger partial charge in [0.1, 0.15) is 5.75 Å². The molecule has 0 aliphatic heterocycles. The predicted octanol–water partition coefficient (Wildman–Crippen LogP) is 2.62. The second kappa shape index (κ2) is 7.36. The number of aryl methyl sites for hydroxylation is 2. The zero-order valence-electron chi connectivity index (χ0n) is 12.9. The molecule has 1 aromatic heterocycles. The Labute approximate surface area is 130 Å². The van der Waals surface area contributed by atoms with E-state index in [-0.39, 0.29) is 5.91 Å². The van der Waals surface area contributed by atoms with E-state index in [1.807, 2.05) is 38.1 Å². The molecule has 22 heavy (non-hydrogen) atoms. The molecule has 114 valence electrons. The SMILES string of the molecule is Cc1ccc(OC(C)C(=O)N/N=C/c2cccnc2)cc1C. The van der Waals surface area contributed by atoms with E-state index in [0.717, 1.165) is 11.1 Å². The number of hydrazone groups is 1. The number of ether oxygens (including phenoxy) is 1. The molecule has 2 rings (SSSR count). The Kier molecular flexibility index (Phi) is 5.25. The molecule has 0 aliphatic rings. The summed E-state index contributed by atoms with van der Waals surface area (Å²) in [4.78, 5) is 15.9. The van der Waals surface area contributed by atoms with E-state index in [2.05, 4.69) is 15.5 Å². The van der Waals surface area contributed by atoms with Crippen LogP contribution in [0.4, 0.5) is 0 Å². The Hall–Kier alpha value is -2.69. The highest BCUT2D eigenvalue weighted by atomic mass is 16.5. The van der Waals surface area contributed by atoms with Crippen LogP contribution in [0.15, 0.2) is 47.8 Å². The van der Waals surface area contributed by atoms with Gasteiger partial charge in [0.2, 0.25) is 0 Å². The van der Waals surface area contributed by atoms with Crippen molar-refractivity contribution < 1.29 is 9.53 Å². The summed E-state index contributed by atoms with van der Waals surface area (Å²) in [6, 6.07) is 9.38. The molecule has 0 aliphatic carbocycles. The Bertz CT molecular complexity index is 669. The second-order valence-electron chi connectivity index (χ2n) is 5.03. The van der Waals surface area contributed by atoms with Crippen LogP contribution in [-0.2, 0) is 4.79 Å². The number of benzene rings is 1. The smallest absolute Gasteiger partial charge is 0.280 e. The number of carbonyl (C=O) groups excluding carboxylic acids is 1. The summed E-state index contributed by atoms with van der Waals surface area (Å²) in [5, 5.41) is 3.89. The molecule has 0 spiro atoms. The molecule has 0 saturated carbocycles. The predicted molar refractivity (Wildman–Crippen MR) is 86.0 cm³/mol. The maximum Gasteiger partial charge on any atom is 0.280 e. The molecular weight excluding hydrogens is 278 g/mol. The fourth-order valence-electron chi connectivity index (χ4n) is 1.76. The van der Waals surface area contributed by atoms with Crippen molar-refractivity contribution in [1.29, 1.82) is 0 Å². The molecule has 0 radical (unpaired) electrons. The first-order valence-electron chi connectivity index (χ1n) is 7.03. The van der Waals surface area contributed by atoms with E-state index in [1.165, 1.54) is 11.8 Å². The molecule has 5 heteroatoms. The van der Waals surface area contributed by atoms with Gasteiger partial charge in [0.15, 0.2) is 6.10 Å². The van der Waals surface area contributed by atoms with E-state index in [1.54, 1.807) is 25.4 Å². The van der Waals surface area contributed by atoms with E-state index in [0.29, 0.717) is 5.75 Å². The van der Waals surface area contributed by atoms with Gasteiger partial charge >= 0.3 is 0 Å². The van der Waals surface area contributed by atoms with Gasteiger partial charge in [-0.1, -0.05) is 12.1 Å². The van der Waals surface area contributed by atoms with Gasteiger partial charge in [-0.25, -0.2) is 5.43 Å². The van der Waals surface area contributed by atoms with Gasteiger partial charge < -0.3 is 4.74 Å². The highest BCUT2D eigenvalue weighted by Gasteiger charge is 2.14. The summed E-state index contributed by atoms with van der Waals surface area (Å²) in [5.41, 5.74) is 5.58. The second-order valence-corrected chi connectivity index (χ2v) is 5.03. The van der Waals surface area contributed by atoms with Gasteiger partial charge in [-0.05, 0) is 50.1 Å². The average molecular weight is 297 g/mol. The van der Waals surface area contributed by atoms with Crippen LogP contribution < -0.4 is 10.2 Å². The number of hydrogen-bond acceptors (Lipinski definition) is 4. The van der Waals surface area contributed by atoms with Gasteiger partial charge in [-0.2, -0.15) is 5.10 Å². The number of aromatic nitrogens is 1. The fraction of sp³-hybridized carbons (Fsp3) is 0.235. The molecule has 1 aromatic carbocycles. The maximum atomic E-state index is 11.9. The summed E-state index contributed by atoms with van der Waals surface area (Å²) in [6.07, 6.45) is 4.24. The lowest BCUT2D eigenvalue weighted by Crippen LogP contribution is -2.33. The van der Waals surface area contributed by atoms with Crippen molar-refractivity contribution in [3.63, 3.8) is 0 Å². The Morgan fingerprint density at radius 3 is 2.82 bits per heavy atom. The van der Waals surface area contributed by atoms with E-state index in [9.17, 15) is 4.79 Å². The number of hydrogen-bond donors (Lipinski definition) is 1. The highest BCUT2D eigenvalue weighted by molar-refractivity contribution is 5.84. The molecule has 1 N–H and O–H groups in total. The minimum Gasteiger partial charge on any atom is -0.481 e.